The third kappa shape index (κ3) is 2.25. The molecule has 1 amide bonds. The Morgan fingerprint density at radius 3 is 3.06 bits per heavy atom. The number of primary amides is 1. The zero-order valence-electron chi connectivity index (χ0n) is 8.76. The molecule has 16 heavy (non-hydrogen) atoms. The minimum atomic E-state index is -0.324. The fourth-order valence-electron chi connectivity index (χ4n) is 1.58. The van der Waals surface area contributed by atoms with Gasteiger partial charge in [0.25, 0.3) is 0 Å². The van der Waals surface area contributed by atoms with E-state index in [1.54, 1.807) is 12.3 Å². The number of nitrogens with zero attached hydrogens (tertiary/aromatic N) is 1. The van der Waals surface area contributed by atoms with E-state index in [4.69, 9.17) is 5.73 Å². The highest BCUT2D eigenvalue weighted by atomic mass is 16.1. The molecule has 0 aliphatic carbocycles. The minimum absolute atomic E-state index is 0.261. The lowest BCUT2D eigenvalue weighted by Crippen LogP contribution is -2.07. The van der Waals surface area contributed by atoms with Crippen molar-refractivity contribution >= 4 is 22.8 Å². The van der Waals surface area contributed by atoms with Crippen molar-refractivity contribution in [3.05, 3.63) is 48.3 Å². The highest BCUT2D eigenvalue weighted by Crippen LogP contribution is 2.18. The van der Waals surface area contributed by atoms with Crippen LogP contribution in [0.4, 0.5) is 0 Å². The summed E-state index contributed by atoms with van der Waals surface area (Å²) in [7, 11) is 0. The van der Waals surface area contributed by atoms with E-state index in [1.165, 1.54) is 0 Å². The van der Waals surface area contributed by atoms with Crippen LogP contribution in [0.2, 0.25) is 0 Å². The monoisotopic (exact) mass is 212 g/mol. The van der Waals surface area contributed by atoms with Crippen molar-refractivity contribution in [1.29, 1.82) is 0 Å². The van der Waals surface area contributed by atoms with Gasteiger partial charge in [-0.05, 0) is 17.0 Å². The van der Waals surface area contributed by atoms with Gasteiger partial charge in [0.05, 0.1) is 0 Å². The van der Waals surface area contributed by atoms with Crippen LogP contribution < -0.4 is 5.73 Å². The Kier molecular flexibility index (Phi) is 2.96. The van der Waals surface area contributed by atoms with Gasteiger partial charge in [-0.3, -0.25) is 9.78 Å². The van der Waals surface area contributed by atoms with Crippen molar-refractivity contribution in [3.63, 3.8) is 0 Å². The van der Waals surface area contributed by atoms with E-state index in [2.05, 4.69) is 4.98 Å². The van der Waals surface area contributed by atoms with Crippen LogP contribution in [0.15, 0.2) is 42.7 Å². The van der Waals surface area contributed by atoms with Crippen molar-refractivity contribution in [2.24, 2.45) is 5.73 Å². The molecule has 2 rings (SSSR count). The Hall–Kier alpha value is -2.16. The molecule has 80 valence electrons. The number of rotatable bonds is 3. The number of amides is 1. The van der Waals surface area contributed by atoms with Crippen molar-refractivity contribution in [1.82, 2.24) is 4.98 Å². The van der Waals surface area contributed by atoms with Gasteiger partial charge in [0.2, 0.25) is 5.91 Å². The topological polar surface area (TPSA) is 56.0 Å². The first-order valence-corrected chi connectivity index (χ1v) is 5.05. The molecule has 0 spiro atoms. The number of carbonyl (C=O) groups excluding carboxylic acids is 1. The lowest BCUT2D eigenvalue weighted by Gasteiger charge is -2.00. The summed E-state index contributed by atoms with van der Waals surface area (Å²) in [6.07, 6.45) is 7.51. The van der Waals surface area contributed by atoms with Gasteiger partial charge in [-0.25, -0.2) is 0 Å². The molecule has 1 aromatic carbocycles. The molecule has 1 aromatic heterocycles. The van der Waals surface area contributed by atoms with Gasteiger partial charge in [-0.1, -0.05) is 30.4 Å². The maximum atomic E-state index is 10.6. The largest absolute Gasteiger partial charge is 0.369 e. The molecule has 3 heteroatoms. The van der Waals surface area contributed by atoms with Gasteiger partial charge in [0, 0.05) is 24.2 Å². The van der Waals surface area contributed by atoms with Crippen molar-refractivity contribution < 1.29 is 4.79 Å². The second-order valence-electron chi connectivity index (χ2n) is 3.52. The predicted octanol–water partition coefficient (Wildman–Crippen LogP) is 2.12. The average molecular weight is 212 g/mol. The van der Waals surface area contributed by atoms with Gasteiger partial charge < -0.3 is 5.73 Å². The lowest BCUT2D eigenvalue weighted by atomic mass is 10.1. The zero-order valence-corrected chi connectivity index (χ0v) is 8.76. The Labute approximate surface area is 93.6 Å². The number of aromatic nitrogens is 1. The SMILES string of the molecule is NC(=O)CC=Cc1cccc2ccncc12. The molecular formula is C13H12N2O. The molecule has 3 nitrogen and oxygen atoms in total. The number of hydrogen-bond acceptors (Lipinski definition) is 2. The molecule has 0 unspecified atom stereocenters. The Balaban J connectivity index is 2.37. The summed E-state index contributed by atoms with van der Waals surface area (Å²) < 4.78 is 0. The molecule has 1 heterocycles. The molecule has 0 radical (unpaired) electrons. The number of carbonyl (C=O) groups is 1. The maximum Gasteiger partial charge on any atom is 0.221 e. The van der Waals surface area contributed by atoms with Gasteiger partial charge in [-0.15, -0.1) is 0 Å². The maximum absolute atomic E-state index is 10.6. The van der Waals surface area contributed by atoms with Crippen LogP contribution in [0.3, 0.4) is 0 Å². The number of pyridine rings is 1. The number of fused-ring (bicyclic) bond motifs is 1. The average Bonchev–Trinajstić information content (AvgIpc) is 2.29. The van der Waals surface area contributed by atoms with Crippen LogP contribution >= 0.6 is 0 Å². The highest BCUT2D eigenvalue weighted by molar-refractivity contribution is 5.90. The molecule has 2 aromatic rings. The molecule has 0 aliphatic rings. The first kappa shape index (κ1) is 10.4. The smallest absolute Gasteiger partial charge is 0.221 e. The third-order valence-electron chi connectivity index (χ3n) is 2.33. The second kappa shape index (κ2) is 4.57. The standard InChI is InChI=1S/C13H12N2O/c14-13(16)6-2-5-10-3-1-4-11-7-8-15-9-12(10)11/h1-5,7-9H,6H2,(H2,14,16). The molecular weight excluding hydrogens is 200 g/mol. The summed E-state index contributed by atoms with van der Waals surface area (Å²) in [5.74, 6) is -0.324. The van der Waals surface area contributed by atoms with Crippen molar-refractivity contribution in [2.45, 2.75) is 6.42 Å². The van der Waals surface area contributed by atoms with Crippen LogP contribution in [-0.2, 0) is 4.79 Å². The summed E-state index contributed by atoms with van der Waals surface area (Å²) in [5.41, 5.74) is 6.11. The van der Waals surface area contributed by atoms with Crippen LogP contribution in [0.25, 0.3) is 16.8 Å². The van der Waals surface area contributed by atoms with E-state index in [1.807, 2.05) is 36.5 Å². The van der Waals surface area contributed by atoms with Gasteiger partial charge in [-0.2, -0.15) is 0 Å². The van der Waals surface area contributed by atoms with E-state index in [0.29, 0.717) is 0 Å². The normalized spacial score (nSPS) is 11.0. The molecule has 0 saturated heterocycles. The second-order valence-corrected chi connectivity index (χ2v) is 3.52. The summed E-state index contributed by atoms with van der Waals surface area (Å²) in [4.78, 5) is 14.7. The van der Waals surface area contributed by atoms with E-state index in [-0.39, 0.29) is 12.3 Å². The number of benzene rings is 1. The van der Waals surface area contributed by atoms with Gasteiger partial charge in [0.15, 0.2) is 0 Å². The zero-order chi connectivity index (χ0) is 11.4. The third-order valence-corrected chi connectivity index (χ3v) is 2.33. The van der Waals surface area contributed by atoms with Gasteiger partial charge >= 0.3 is 0 Å². The summed E-state index contributed by atoms with van der Waals surface area (Å²) in [6.45, 7) is 0. The summed E-state index contributed by atoms with van der Waals surface area (Å²) in [6, 6.07) is 7.96. The number of hydrogen-bond donors (Lipinski definition) is 1. The summed E-state index contributed by atoms with van der Waals surface area (Å²) >= 11 is 0. The lowest BCUT2D eigenvalue weighted by molar-refractivity contribution is -0.117. The minimum Gasteiger partial charge on any atom is -0.369 e. The molecule has 0 saturated carbocycles. The van der Waals surface area contributed by atoms with Crippen LogP contribution in [0.5, 0.6) is 0 Å². The van der Waals surface area contributed by atoms with Crippen LogP contribution in [-0.4, -0.2) is 10.9 Å². The van der Waals surface area contributed by atoms with Gasteiger partial charge in [0.1, 0.15) is 0 Å². The van der Waals surface area contributed by atoms with E-state index < -0.39 is 0 Å². The quantitative estimate of drug-likeness (QED) is 0.847. The summed E-state index contributed by atoms with van der Waals surface area (Å²) in [5, 5.41) is 2.21. The fraction of sp³-hybridized carbons (Fsp3) is 0.0769. The Morgan fingerprint density at radius 2 is 2.25 bits per heavy atom. The first-order chi connectivity index (χ1) is 7.77. The van der Waals surface area contributed by atoms with Crippen LogP contribution in [0.1, 0.15) is 12.0 Å². The molecule has 0 atom stereocenters. The molecule has 0 aliphatic heterocycles. The predicted molar refractivity (Wildman–Crippen MR) is 64.6 cm³/mol. The molecule has 0 bridgehead atoms. The first-order valence-electron chi connectivity index (χ1n) is 5.05. The van der Waals surface area contributed by atoms with E-state index in [9.17, 15) is 4.79 Å². The Morgan fingerprint density at radius 1 is 1.38 bits per heavy atom. The highest BCUT2D eigenvalue weighted by Gasteiger charge is 1.96. The van der Waals surface area contributed by atoms with E-state index >= 15 is 0 Å². The van der Waals surface area contributed by atoms with Crippen LogP contribution in [0, 0.1) is 0 Å². The molecule has 0 fully saturated rings. The van der Waals surface area contributed by atoms with Crippen molar-refractivity contribution in [2.75, 3.05) is 0 Å². The molecule has 2 N–H and O–H groups in total. The van der Waals surface area contributed by atoms with Crippen molar-refractivity contribution in [3.8, 4) is 0 Å². The fourth-order valence-corrected chi connectivity index (χ4v) is 1.58. The Bertz CT molecular complexity index is 541. The van der Waals surface area contributed by atoms with E-state index in [0.717, 1.165) is 16.3 Å². The number of nitrogens with two attached hydrogens (primary N) is 1.